The van der Waals surface area contributed by atoms with Gasteiger partial charge in [0.05, 0.1) is 0 Å². The number of aromatic nitrogens is 3. The molecule has 4 rings (SSSR count). The summed E-state index contributed by atoms with van der Waals surface area (Å²) in [7, 11) is 0. The third kappa shape index (κ3) is 1.63. The molecule has 0 radical (unpaired) electrons. The molecule has 0 amide bonds. The first kappa shape index (κ1) is 11.8. The molecule has 0 saturated carbocycles. The topological polar surface area (TPSA) is 47.8 Å². The summed E-state index contributed by atoms with van der Waals surface area (Å²) < 4.78 is 1.77. The van der Waals surface area contributed by atoms with Crippen molar-refractivity contribution in [3.63, 3.8) is 0 Å². The van der Waals surface area contributed by atoms with Gasteiger partial charge in [-0.3, -0.25) is 9.36 Å². The molecule has 0 aliphatic carbocycles. The standard InChI is InChI=1S/C15H13N3OS/c1-9-5-2-3-6-10(9)13-17-12-14(20-13)16-11-7-4-8-18(11)15(12)19/h2-3,5-6H,4,7-8H2,1H3. The highest BCUT2D eigenvalue weighted by atomic mass is 32.1. The summed E-state index contributed by atoms with van der Waals surface area (Å²) in [4.78, 5) is 22.3. The van der Waals surface area contributed by atoms with Gasteiger partial charge < -0.3 is 0 Å². The summed E-state index contributed by atoms with van der Waals surface area (Å²) in [6, 6.07) is 8.10. The number of benzene rings is 1. The zero-order valence-electron chi connectivity index (χ0n) is 11.1. The van der Waals surface area contributed by atoms with E-state index in [0.717, 1.165) is 40.6 Å². The van der Waals surface area contributed by atoms with Gasteiger partial charge in [-0.2, -0.15) is 0 Å². The molecule has 1 aromatic carbocycles. The Morgan fingerprint density at radius 1 is 1.25 bits per heavy atom. The minimum absolute atomic E-state index is 0.0126. The van der Waals surface area contributed by atoms with Gasteiger partial charge >= 0.3 is 0 Å². The van der Waals surface area contributed by atoms with Gasteiger partial charge in [0.25, 0.3) is 5.56 Å². The molecular weight excluding hydrogens is 270 g/mol. The van der Waals surface area contributed by atoms with Gasteiger partial charge in [0.2, 0.25) is 0 Å². The fourth-order valence-electron chi connectivity index (χ4n) is 2.69. The molecule has 0 N–H and O–H groups in total. The fourth-order valence-corrected chi connectivity index (χ4v) is 3.73. The van der Waals surface area contributed by atoms with Crippen LogP contribution in [0.25, 0.3) is 20.9 Å². The highest BCUT2D eigenvalue weighted by Gasteiger charge is 2.19. The van der Waals surface area contributed by atoms with Crippen LogP contribution in [0.4, 0.5) is 0 Å². The molecule has 0 fully saturated rings. The number of thiazole rings is 1. The molecule has 100 valence electrons. The number of aryl methyl sites for hydroxylation is 2. The third-order valence-electron chi connectivity index (χ3n) is 3.76. The lowest BCUT2D eigenvalue weighted by Crippen LogP contribution is -2.20. The van der Waals surface area contributed by atoms with Crippen molar-refractivity contribution in [1.29, 1.82) is 0 Å². The van der Waals surface area contributed by atoms with E-state index < -0.39 is 0 Å². The number of hydrogen-bond donors (Lipinski definition) is 0. The second-order valence-corrected chi connectivity index (χ2v) is 6.05. The maximum atomic E-state index is 12.4. The van der Waals surface area contributed by atoms with E-state index in [-0.39, 0.29) is 5.56 Å². The smallest absolute Gasteiger partial charge is 0.280 e. The van der Waals surface area contributed by atoms with Gasteiger partial charge in [0, 0.05) is 18.5 Å². The maximum Gasteiger partial charge on any atom is 0.280 e. The SMILES string of the molecule is Cc1ccccc1-c1nc2c(=O)n3c(nc2s1)CCC3. The lowest BCUT2D eigenvalue weighted by Gasteiger charge is -1.99. The fraction of sp³-hybridized carbons (Fsp3) is 0.267. The van der Waals surface area contributed by atoms with E-state index in [4.69, 9.17) is 0 Å². The Bertz CT molecular complexity index is 878. The van der Waals surface area contributed by atoms with Crippen molar-refractivity contribution >= 4 is 21.7 Å². The number of rotatable bonds is 1. The molecule has 1 aliphatic heterocycles. The zero-order valence-corrected chi connectivity index (χ0v) is 11.9. The lowest BCUT2D eigenvalue weighted by atomic mass is 10.1. The summed E-state index contributed by atoms with van der Waals surface area (Å²) >= 11 is 1.51. The predicted octanol–water partition coefficient (Wildman–Crippen LogP) is 2.77. The monoisotopic (exact) mass is 283 g/mol. The van der Waals surface area contributed by atoms with Gasteiger partial charge in [-0.25, -0.2) is 9.97 Å². The van der Waals surface area contributed by atoms with Crippen molar-refractivity contribution in [3.05, 3.63) is 46.0 Å². The van der Waals surface area contributed by atoms with Crippen LogP contribution in [0, 0.1) is 6.92 Å². The summed E-state index contributed by atoms with van der Waals surface area (Å²) in [5.41, 5.74) is 2.77. The molecule has 0 spiro atoms. The van der Waals surface area contributed by atoms with Crippen LogP contribution in [-0.2, 0) is 13.0 Å². The molecule has 2 aromatic heterocycles. The van der Waals surface area contributed by atoms with Gasteiger partial charge in [0.15, 0.2) is 10.3 Å². The van der Waals surface area contributed by atoms with E-state index in [1.807, 2.05) is 18.2 Å². The van der Waals surface area contributed by atoms with Crippen LogP contribution in [-0.4, -0.2) is 14.5 Å². The lowest BCUT2D eigenvalue weighted by molar-refractivity contribution is 0.718. The first-order chi connectivity index (χ1) is 9.74. The normalized spacial score (nSPS) is 13.8. The quantitative estimate of drug-likeness (QED) is 0.690. The Labute approximate surface area is 119 Å². The highest BCUT2D eigenvalue weighted by molar-refractivity contribution is 7.21. The van der Waals surface area contributed by atoms with E-state index >= 15 is 0 Å². The van der Waals surface area contributed by atoms with Crippen LogP contribution in [0.1, 0.15) is 17.8 Å². The maximum absolute atomic E-state index is 12.4. The van der Waals surface area contributed by atoms with Gasteiger partial charge in [-0.1, -0.05) is 35.6 Å². The second-order valence-electron chi connectivity index (χ2n) is 5.08. The first-order valence-corrected chi connectivity index (χ1v) is 7.52. The second kappa shape index (κ2) is 4.24. The minimum atomic E-state index is 0.0126. The molecule has 0 bridgehead atoms. The van der Waals surface area contributed by atoms with E-state index in [1.165, 1.54) is 16.9 Å². The van der Waals surface area contributed by atoms with Crippen molar-refractivity contribution in [2.45, 2.75) is 26.3 Å². The summed E-state index contributed by atoms with van der Waals surface area (Å²) in [5.74, 6) is 0.905. The third-order valence-corrected chi connectivity index (χ3v) is 4.74. The van der Waals surface area contributed by atoms with E-state index in [2.05, 4.69) is 23.0 Å². The first-order valence-electron chi connectivity index (χ1n) is 6.70. The Kier molecular flexibility index (Phi) is 2.50. The van der Waals surface area contributed by atoms with Gasteiger partial charge in [-0.05, 0) is 18.9 Å². The molecular formula is C15H13N3OS. The number of hydrogen-bond acceptors (Lipinski definition) is 4. The number of nitrogens with zero attached hydrogens (tertiary/aromatic N) is 3. The van der Waals surface area contributed by atoms with E-state index in [0.29, 0.717) is 5.52 Å². The molecule has 0 atom stereocenters. The Morgan fingerprint density at radius 3 is 2.95 bits per heavy atom. The van der Waals surface area contributed by atoms with Crippen molar-refractivity contribution < 1.29 is 0 Å². The predicted molar refractivity (Wildman–Crippen MR) is 80.2 cm³/mol. The zero-order chi connectivity index (χ0) is 13.7. The number of fused-ring (bicyclic) bond motifs is 2. The molecule has 3 aromatic rings. The van der Waals surface area contributed by atoms with Crippen LogP contribution in [0.2, 0.25) is 0 Å². The van der Waals surface area contributed by atoms with E-state index in [9.17, 15) is 4.79 Å². The molecule has 20 heavy (non-hydrogen) atoms. The van der Waals surface area contributed by atoms with Crippen LogP contribution in [0.3, 0.4) is 0 Å². The Hall–Kier alpha value is -2.01. The van der Waals surface area contributed by atoms with Gasteiger partial charge in [-0.15, -0.1) is 0 Å². The van der Waals surface area contributed by atoms with E-state index in [1.54, 1.807) is 4.57 Å². The molecule has 0 saturated heterocycles. The average Bonchev–Trinajstić information content (AvgIpc) is 3.06. The summed E-state index contributed by atoms with van der Waals surface area (Å²) in [6.45, 7) is 2.83. The molecule has 3 heterocycles. The molecule has 5 heteroatoms. The Morgan fingerprint density at radius 2 is 2.10 bits per heavy atom. The molecule has 0 unspecified atom stereocenters. The van der Waals surface area contributed by atoms with Crippen molar-refractivity contribution in [2.24, 2.45) is 0 Å². The van der Waals surface area contributed by atoms with Crippen LogP contribution >= 0.6 is 11.3 Å². The van der Waals surface area contributed by atoms with Gasteiger partial charge in [0.1, 0.15) is 10.8 Å². The molecule has 1 aliphatic rings. The summed E-state index contributed by atoms with van der Waals surface area (Å²) in [6.07, 6.45) is 1.90. The Balaban J connectivity index is 1.99. The van der Waals surface area contributed by atoms with Crippen molar-refractivity contribution in [2.75, 3.05) is 0 Å². The van der Waals surface area contributed by atoms with Crippen LogP contribution in [0.15, 0.2) is 29.1 Å². The van der Waals surface area contributed by atoms with Crippen LogP contribution < -0.4 is 5.56 Å². The van der Waals surface area contributed by atoms with Crippen molar-refractivity contribution in [3.8, 4) is 10.6 Å². The summed E-state index contributed by atoms with van der Waals surface area (Å²) in [5, 5.41) is 0.881. The van der Waals surface area contributed by atoms with Crippen LogP contribution in [0.5, 0.6) is 0 Å². The molecule has 4 nitrogen and oxygen atoms in total. The average molecular weight is 283 g/mol. The largest absolute Gasteiger partial charge is 0.295 e. The minimum Gasteiger partial charge on any atom is -0.295 e. The highest BCUT2D eigenvalue weighted by Crippen LogP contribution is 2.30. The van der Waals surface area contributed by atoms with Crippen molar-refractivity contribution in [1.82, 2.24) is 14.5 Å².